The Labute approximate surface area is 257 Å². The van der Waals surface area contributed by atoms with Crippen LogP contribution in [0.4, 0.5) is 0 Å². The van der Waals surface area contributed by atoms with Gasteiger partial charge in [-0.2, -0.15) is 0 Å². The summed E-state index contributed by atoms with van der Waals surface area (Å²) in [5, 5.41) is 0. The fraction of sp³-hybridized carbons (Fsp3) is 0.105. The van der Waals surface area contributed by atoms with Gasteiger partial charge in [0.15, 0.2) is 0 Å². The molecular formula is C38H32N2O4. The van der Waals surface area contributed by atoms with Crippen LogP contribution in [0.3, 0.4) is 0 Å². The van der Waals surface area contributed by atoms with E-state index in [0.717, 1.165) is 44.8 Å². The van der Waals surface area contributed by atoms with E-state index in [1.54, 1.807) is 0 Å². The van der Waals surface area contributed by atoms with Gasteiger partial charge in [-0.25, -0.2) is 0 Å². The lowest BCUT2D eigenvalue weighted by molar-refractivity contribution is -0.143. The van der Waals surface area contributed by atoms with E-state index in [2.05, 4.69) is 9.98 Å². The summed E-state index contributed by atoms with van der Waals surface area (Å²) in [5.74, 6) is -0.867. The molecule has 0 bridgehead atoms. The number of carbonyl (C=O) groups excluding carboxylic acids is 2. The maximum Gasteiger partial charge on any atom is 0.328 e. The van der Waals surface area contributed by atoms with E-state index in [4.69, 9.17) is 9.47 Å². The Morgan fingerprint density at radius 3 is 1.07 bits per heavy atom. The van der Waals surface area contributed by atoms with Crippen LogP contribution in [0.5, 0.6) is 0 Å². The Bertz CT molecular complexity index is 1510. The Morgan fingerprint density at radius 1 is 0.432 bits per heavy atom. The molecule has 0 unspecified atom stereocenters. The van der Waals surface area contributed by atoms with Crippen molar-refractivity contribution in [3.05, 3.63) is 179 Å². The zero-order chi connectivity index (χ0) is 30.4. The lowest BCUT2D eigenvalue weighted by Crippen LogP contribution is -2.13. The fourth-order valence-corrected chi connectivity index (χ4v) is 4.60. The van der Waals surface area contributed by atoms with Gasteiger partial charge in [-0.15, -0.1) is 0 Å². The number of esters is 2. The second-order valence-corrected chi connectivity index (χ2v) is 9.94. The quantitative estimate of drug-likeness (QED) is 0.120. The van der Waals surface area contributed by atoms with E-state index in [1.165, 1.54) is 0 Å². The van der Waals surface area contributed by atoms with Crippen LogP contribution in [0.25, 0.3) is 0 Å². The Hall–Kier alpha value is -5.62. The predicted molar refractivity (Wildman–Crippen MR) is 173 cm³/mol. The summed E-state index contributed by atoms with van der Waals surface area (Å²) in [4.78, 5) is 34.4. The zero-order valence-electron chi connectivity index (χ0n) is 24.2. The molecule has 0 N–H and O–H groups in total. The highest BCUT2D eigenvalue weighted by atomic mass is 16.5. The minimum absolute atomic E-state index is 0.0873. The summed E-state index contributed by atoms with van der Waals surface area (Å²) in [7, 11) is 0. The molecule has 0 saturated carbocycles. The molecule has 6 heteroatoms. The monoisotopic (exact) mass is 580 g/mol. The first-order valence-corrected chi connectivity index (χ1v) is 14.4. The molecule has 0 saturated heterocycles. The van der Waals surface area contributed by atoms with Gasteiger partial charge in [0, 0.05) is 22.3 Å². The summed E-state index contributed by atoms with van der Waals surface area (Å²) < 4.78 is 11.0. The number of hydrogen-bond donors (Lipinski definition) is 0. The van der Waals surface area contributed by atoms with Crippen LogP contribution < -0.4 is 0 Å². The first-order valence-electron chi connectivity index (χ1n) is 14.4. The third-order valence-electron chi connectivity index (χ3n) is 6.71. The minimum Gasteiger partial charge on any atom is -0.459 e. The molecule has 0 heterocycles. The number of carbonyl (C=O) groups is 2. The van der Waals surface area contributed by atoms with Crippen molar-refractivity contribution in [2.75, 3.05) is 13.1 Å². The maximum atomic E-state index is 12.6. The molecule has 0 atom stereocenters. The summed E-state index contributed by atoms with van der Waals surface area (Å²) in [6, 6.07) is 46.4. The molecule has 218 valence electrons. The van der Waals surface area contributed by atoms with Gasteiger partial charge in [0.25, 0.3) is 0 Å². The van der Waals surface area contributed by atoms with Crippen molar-refractivity contribution in [3.8, 4) is 0 Å². The molecule has 0 aliphatic carbocycles. The highest BCUT2D eigenvalue weighted by molar-refractivity contribution is 6.14. The van der Waals surface area contributed by atoms with Gasteiger partial charge in [0.05, 0.1) is 11.4 Å². The lowest BCUT2D eigenvalue weighted by atomic mass is 10.0. The number of rotatable bonds is 12. The van der Waals surface area contributed by atoms with Gasteiger partial charge in [-0.3, -0.25) is 19.6 Å². The van der Waals surface area contributed by atoms with Crippen molar-refractivity contribution < 1.29 is 19.1 Å². The molecule has 5 aromatic carbocycles. The third-order valence-corrected chi connectivity index (χ3v) is 6.71. The number of hydrogen-bond acceptors (Lipinski definition) is 6. The van der Waals surface area contributed by atoms with Gasteiger partial charge in [0.1, 0.15) is 26.3 Å². The molecular weight excluding hydrogens is 548 g/mol. The van der Waals surface area contributed by atoms with Crippen molar-refractivity contribution in [2.45, 2.75) is 13.2 Å². The normalized spacial score (nSPS) is 10.4. The van der Waals surface area contributed by atoms with Crippen LogP contribution in [-0.4, -0.2) is 36.5 Å². The predicted octanol–water partition coefficient (Wildman–Crippen LogP) is 6.85. The second-order valence-electron chi connectivity index (χ2n) is 9.94. The molecule has 0 amide bonds. The molecule has 0 aliphatic heterocycles. The number of ether oxygens (including phenoxy) is 2. The van der Waals surface area contributed by atoms with Crippen LogP contribution in [0, 0.1) is 0 Å². The van der Waals surface area contributed by atoms with Gasteiger partial charge in [0.2, 0.25) is 0 Å². The van der Waals surface area contributed by atoms with E-state index in [-0.39, 0.29) is 26.3 Å². The van der Waals surface area contributed by atoms with E-state index in [0.29, 0.717) is 0 Å². The smallest absolute Gasteiger partial charge is 0.328 e. The Kier molecular flexibility index (Phi) is 10.6. The zero-order valence-corrected chi connectivity index (χ0v) is 24.2. The third kappa shape index (κ3) is 8.69. The lowest BCUT2D eigenvalue weighted by Gasteiger charge is -2.09. The van der Waals surface area contributed by atoms with Crippen LogP contribution in [0.1, 0.15) is 33.4 Å². The Morgan fingerprint density at radius 2 is 0.750 bits per heavy atom. The summed E-state index contributed by atoms with van der Waals surface area (Å²) in [5.41, 5.74) is 6.75. The van der Waals surface area contributed by atoms with Crippen molar-refractivity contribution in [3.63, 3.8) is 0 Å². The minimum atomic E-state index is -0.434. The largest absolute Gasteiger partial charge is 0.459 e. The van der Waals surface area contributed by atoms with Crippen molar-refractivity contribution in [1.82, 2.24) is 0 Å². The average Bonchev–Trinajstić information content (AvgIpc) is 3.09. The molecule has 44 heavy (non-hydrogen) atoms. The topological polar surface area (TPSA) is 77.3 Å². The molecule has 5 rings (SSSR count). The van der Waals surface area contributed by atoms with Crippen LogP contribution in [0.15, 0.2) is 156 Å². The molecule has 0 radical (unpaired) electrons. The van der Waals surface area contributed by atoms with E-state index in [1.807, 2.05) is 146 Å². The van der Waals surface area contributed by atoms with Gasteiger partial charge in [-0.1, -0.05) is 140 Å². The summed E-state index contributed by atoms with van der Waals surface area (Å²) in [6.45, 7) is -0.0380. The Balaban J connectivity index is 1.15. The summed E-state index contributed by atoms with van der Waals surface area (Å²) >= 11 is 0. The number of nitrogens with zero attached hydrogens (tertiary/aromatic N) is 2. The highest BCUT2D eigenvalue weighted by Gasteiger charge is 2.11. The first-order chi connectivity index (χ1) is 21.7. The van der Waals surface area contributed by atoms with E-state index < -0.39 is 11.9 Å². The van der Waals surface area contributed by atoms with Crippen molar-refractivity contribution >= 4 is 23.4 Å². The molecule has 0 aromatic heterocycles. The van der Waals surface area contributed by atoms with Gasteiger partial charge < -0.3 is 9.47 Å². The van der Waals surface area contributed by atoms with Gasteiger partial charge in [-0.05, 0) is 17.2 Å². The average molecular weight is 581 g/mol. The number of benzene rings is 5. The fourth-order valence-electron chi connectivity index (χ4n) is 4.60. The second kappa shape index (κ2) is 15.6. The molecule has 0 fully saturated rings. The standard InChI is InChI=1S/C38H32N2O4/c41-35(25-39-37(31-16-5-1-6-17-31)32-18-7-2-8-19-32)43-27-29-14-13-15-30(24-29)28-44-36(42)26-40-38(33-20-9-3-10-21-33)34-22-11-4-12-23-34/h1-24H,25-28H2. The molecule has 6 nitrogen and oxygen atoms in total. The van der Waals surface area contributed by atoms with Crippen molar-refractivity contribution in [2.24, 2.45) is 9.98 Å². The molecule has 0 spiro atoms. The molecule has 5 aromatic rings. The number of aliphatic imine (C=N–C) groups is 2. The van der Waals surface area contributed by atoms with E-state index >= 15 is 0 Å². The highest BCUT2D eigenvalue weighted by Crippen LogP contribution is 2.13. The van der Waals surface area contributed by atoms with Crippen molar-refractivity contribution in [1.29, 1.82) is 0 Å². The van der Waals surface area contributed by atoms with Gasteiger partial charge >= 0.3 is 11.9 Å². The summed E-state index contributed by atoms with van der Waals surface area (Å²) in [6.07, 6.45) is 0. The first kappa shape index (κ1) is 29.9. The van der Waals surface area contributed by atoms with Crippen LogP contribution >= 0.6 is 0 Å². The van der Waals surface area contributed by atoms with Crippen LogP contribution in [0.2, 0.25) is 0 Å². The maximum absolute atomic E-state index is 12.6. The van der Waals surface area contributed by atoms with E-state index in [9.17, 15) is 9.59 Å². The SMILES string of the molecule is O=C(CN=C(c1ccccc1)c1ccccc1)OCc1cccc(COC(=O)CN=C(c2ccccc2)c2ccccc2)c1. The van der Waals surface area contributed by atoms with Crippen LogP contribution in [-0.2, 0) is 32.3 Å². The molecule has 0 aliphatic rings.